The molecule has 1 N–H and O–H groups in total. The Balaban J connectivity index is 2.02. The number of methoxy groups -OCH3 is 2. The van der Waals surface area contributed by atoms with E-state index in [9.17, 15) is 0 Å². The summed E-state index contributed by atoms with van der Waals surface area (Å²) in [5, 5.41) is 11.4. The molecule has 7 nitrogen and oxygen atoms in total. The number of benzene rings is 1. The summed E-state index contributed by atoms with van der Waals surface area (Å²) in [6, 6.07) is 9.20. The van der Waals surface area contributed by atoms with Crippen LogP contribution in [0.15, 0.2) is 47.8 Å². The van der Waals surface area contributed by atoms with E-state index < -0.39 is 0 Å². The fourth-order valence-electron chi connectivity index (χ4n) is 2.13. The predicted octanol–water partition coefficient (Wildman–Crippen LogP) is 2.90. The summed E-state index contributed by atoms with van der Waals surface area (Å²) in [5.74, 6) is 1.82. The minimum absolute atomic E-state index is 0.394. The van der Waals surface area contributed by atoms with Crippen LogP contribution in [-0.2, 0) is 0 Å². The lowest BCUT2D eigenvalue weighted by Gasteiger charge is -2.09. The summed E-state index contributed by atoms with van der Waals surface area (Å²) in [5.41, 5.74) is 1.71. The van der Waals surface area contributed by atoms with Gasteiger partial charge in [0.1, 0.15) is 0 Å². The van der Waals surface area contributed by atoms with Crippen molar-refractivity contribution in [2.75, 3.05) is 14.2 Å². The molecular formula is C16H15N5O2S. The molecule has 122 valence electrons. The summed E-state index contributed by atoms with van der Waals surface area (Å²) in [7, 11) is 3.17. The molecule has 0 radical (unpaired) electrons. The molecule has 0 spiro atoms. The molecule has 0 aliphatic rings. The maximum absolute atomic E-state index is 5.33. The van der Waals surface area contributed by atoms with Crippen molar-refractivity contribution in [3.63, 3.8) is 0 Å². The van der Waals surface area contributed by atoms with E-state index in [2.05, 4.69) is 20.3 Å². The Morgan fingerprint density at radius 2 is 1.88 bits per heavy atom. The zero-order chi connectivity index (χ0) is 16.9. The van der Waals surface area contributed by atoms with E-state index in [4.69, 9.17) is 21.7 Å². The van der Waals surface area contributed by atoms with Crippen LogP contribution >= 0.6 is 12.2 Å². The Kier molecular flexibility index (Phi) is 4.66. The first-order valence-electron chi connectivity index (χ1n) is 7.07. The van der Waals surface area contributed by atoms with Gasteiger partial charge in [-0.2, -0.15) is 14.9 Å². The van der Waals surface area contributed by atoms with Crippen LogP contribution in [-0.4, -0.2) is 40.3 Å². The lowest BCUT2D eigenvalue weighted by molar-refractivity contribution is 0.355. The summed E-state index contributed by atoms with van der Waals surface area (Å²) in [6.45, 7) is 0. The van der Waals surface area contributed by atoms with Crippen molar-refractivity contribution >= 4 is 18.4 Å². The molecule has 2 heterocycles. The van der Waals surface area contributed by atoms with Crippen LogP contribution in [0.5, 0.6) is 11.5 Å². The van der Waals surface area contributed by atoms with Gasteiger partial charge in [0.2, 0.25) is 4.77 Å². The van der Waals surface area contributed by atoms with Gasteiger partial charge in [0.05, 0.1) is 20.4 Å². The zero-order valence-electron chi connectivity index (χ0n) is 13.1. The van der Waals surface area contributed by atoms with E-state index in [1.165, 1.54) is 0 Å². The van der Waals surface area contributed by atoms with E-state index in [0.717, 1.165) is 11.1 Å². The maximum atomic E-state index is 5.33. The molecule has 24 heavy (non-hydrogen) atoms. The summed E-state index contributed by atoms with van der Waals surface area (Å²) < 4.78 is 12.5. The standard InChI is InChI=1S/C16H15N5O2S/c1-22-13-4-3-12(9-14(13)23-2)15-19-20-16(24)21(15)18-10-11-5-7-17-8-6-11/h3-10H,1-2H3,(H,20,24)/b18-10-. The first kappa shape index (κ1) is 15.9. The smallest absolute Gasteiger partial charge is 0.216 e. The lowest BCUT2D eigenvalue weighted by Crippen LogP contribution is -1.96. The van der Waals surface area contributed by atoms with Gasteiger partial charge in [-0.15, -0.1) is 0 Å². The van der Waals surface area contributed by atoms with E-state index >= 15 is 0 Å². The number of aromatic amines is 1. The predicted molar refractivity (Wildman–Crippen MR) is 93.2 cm³/mol. The Bertz CT molecular complexity index is 918. The highest BCUT2D eigenvalue weighted by Gasteiger charge is 2.12. The number of H-pyrrole nitrogens is 1. The number of aromatic nitrogens is 4. The lowest BCUT2D eigenvalue weighted by atomic mass is 10.2. The molecule has 0 saturated heterocycles. The Labute approximate surface area is 143 Å². The average Bonchev–Trinajstić information content (AvgIpc) is 3.00. The Hall–Kier alpha value is -3.00. The molecule has 3 aromatic rings. The van der Waals surface area contributed by atoms with Gasteiger partial charge in [-0.25, -0.2) is 5.10 Å². The molecule has 0 unspecified atom stereocenters. The van der Waals surface area contributed by atoms with Gasteiger partial charge in [0, 0.05) is 18.0 Å². The van der Waals surface area contributed by atoms with Crippen molar-refractivity contribution < 1.29 is 9.47 Å². The van der Waals surface area contributed by atoms with Gasteiger partial charge in [-0.1, -0.05) is 0 Å². The van der Waals surface area contributed by atoms with Crippen molar-refractivity contribution in [3.05, 3.63) is 53.1 Å². The number of nitrogens with zero attached hydrogens (tertiary/aromatic N) is 4. The van der Waals surface area contributed by atoms with Crippen molar-refractivity contribution in [2.45, 2.75) is 0 Å². The largest absolute Gasteiger partial charge is 0.493 e. The molecule has 3 rings (SSSR count). The Morgan fingerprint density at radius 3 is 2.58 bits per heavy atom. The summed E-state index contributed by atoms with van der Waals surface area (Å²) in [4.78, 5) is 3.98. The number of pyridine rings is 1. The molecule has 0 amide bonds. The molecule has 0 fully saturated rings. The van der Waals surface area contributed by atoms with Gasteiger partial charge in [0.25, 0.3) is 0 Å². The fourth-order valence-corrected chi connectivity index (χ4v) is 2.31. The molecular weight excluding hydrogens is 326 g/mol. The maximum Gasteiger partial charge on any atom is 0.216 e. The van der Waals surface area contributed by atoms with Crippen LogP contribution in [0.2, 0.25) is 0 Å². The zero-order valence-corrected chi connectivity index (χ0v) is 13.9. The third kappa shape index (κ3) is 3.18. The molecule has 0 aliphatic heterocycles. The second-order valence-corrected chi connectivity index (χ2v) is 5.15. The van der Waals surface area contributed by atoms with E-state index in [1.807, 2.05) is 30.3 Å². The van der Waals surface area contributed by atoms with Gasteiger partial charge >= 0.3 is 0 Å². The number of ether oxygens (including phenoxy) is 2. The fraction of sp³-hybridized carbons (Fsp3) is 0.125. The number of hydrogen-bond donors (Lipinski definition) is 1. The SMILES string of the molecule is COc1ccc(-c2n[nH]c(=S)n2/N=C\c2ccncc2)cc1OC. The first-order valence-corrected chi connectivity index (χ1v) is 7.48. The highest BCUT2D eigenvalue weighted by molar-refractivity contribution is 7.71. The highest BCUT2D eigenvalue weighted by Crippen LogP contribution is 2.31. The van der Waals surface area contributed by atoms with E-state index in [0.29, 0.717) is 22.1 Å². The van der Waals surface area contributed by atoms with Crippen LogP contribution < -0.4 is 9.47 Å². The molecule has 0 aliphatic carbocycles. The van der Waals surface area contributed by atoms with Crippen LogP contribution in [0.4, 0.5) is 0 Å². The molecule has 0 bridgehead atoms. The summed E-state index contributed by atoms with van der Waals surface area (Å²) >= 11 is 5.26. The topological polar surface area (TPSA) is 77.3 Å². The normalized spacial score (nSPS) is 10.9. The van der Waals surface area contributed by atoms with E-state index in [1.54, 1.807) is 37.5 Å². The minimum atomic E-state index is 0.394. The third-order valence-corrected chi connectivity index (χ3v) is 3.58. The second kappa shape index (κ2) is 7.05. The van der Waals surface area contributed by atoms with Crippen molar-refractivity contribution in [3.8, 4) is 22.9 Å². The van der Waals surface area contributed by atoms with Crippen LogP contribution in [0.25, 0.3) is 11.4 Å². The van der Waals surface area contributed by atoms with Gasteiger partial charge < -0.3 is 9.47 Å². The molecule has 0 saturated carbocycles. The summed E-state index contributed by atoms with van der Waals surface area (Å²) in [6.07, 6.45) is 5.09. The van der Waals surface area contributed by atoms with E-state index in [-0.39, 0.29) is 0 Å². The van der Waals surface area contributed by atoms with Crippen LogP contribution in [0, 0.1) is 4.77 Å². The quantitative estimate of drug-likeness (QED) is 0.570. The second-order valence-electron chi connectivity index (χ2n) is 4.76. The molecule has 8 heteroatoms. The Morgan fingerprint density at radius 1 is 1.12 bits per heavy atom. The third-order valence-electron chi connectivity index (χ3n) is 3.32. The number of hydrogen-bond acceptors (Lipinski definition) is 6. The van der Waals surface area contributed by atoms with Gasteiger partial charge in [-0.05, 0) is 48.1 Å². The van der Waals surface area contributed by atoms with Crippen molar-refractivity contribution in [1.29, 1.82) is 0 Å². The number of rotatable bonds is 5. The first-order chi connectivity index (χ1) is 11.7. The van der Waals surface area contributed by atoms with Crippen LogP contribution in [0.1, 0.15) is 5.56 Å². The highest BCUT2D eigenvalue weighted by atomic mass is 32.1. The molecule has 0 atom stereocenters. The van der Waals surface area contributed by atoms with Gasteiger partial charge in [-0.3, -0.25) is 4.98 Å². The minimum Gasteiger partial charge on any atom is -0.493 e. The average molecular weight is 341 g/mol. The molecule has 1 aromatic carbocycles. The molecule has 2 aromatic heterocycles. The van der Waals surface area contributed by atoms with Gasteiger partial charge in [0.15, 0.2) is 17.3 Å². The monoisotopic (exact) mass is 341 g/mol. The van der Waals surface area contributed by atoms with Crippen molar-refractivity contribution in [2.24, 2.45) is 5.10 Å². The van der Waals surface area contributed by atoms with Crippen molar-refractivity contribution in [1.82, 2.24) is 19.9 Å². The van der Waals surface area contributed by atoms with Crippen LogP contribution in [0.3, 0.4) is 0 Å². The number of nitrogens with one attached hydrogen (secondary N) is 1.